The number of amides is 1. The van der Waals surface area contributed by atoms with Crippen LogP contribution in [0.15, 0.2) is 42.5 Å². The molecule has 4 rings (SSSR count). The highest BCUT2D eigenvalue weighted by atomic mass is 35.5. The highest BCUT2D eigenvalue weighted by Gasteiger charge is 2.54. The SMILES string of the molecule is CCCCOc1ccc(CN2C(=O)C3(OCCCO3)c3cc(Cl)ccc32)cc1. The lowest BCUT2D eigenvalue weighted by Crippen LogP contribution is -2.47. The number of ether oxygens (including phenoxy) is 3. The summed E-state index contributed by atoms with van der Waals surface area (Å²) in [7, 11) is 0. The summed E-state index contributed by atoms with van der Waals surface area (Å²) in [5, 5.41) is 0.555. The number of benzene rings is 2. The summed E-state index contributed by atoms with van der Waals surface area (Å²) in [5.41, 5.74) is 2.47. The Bertz CT molecular complexity index is 846. The molecule has 0 saturated carbocycles. The van der Waals surface area contributed by atoms with E-state index in [2.05, 4.69) is 6.92 Å². The minimum Gasteiger partial charge on any atom is -0.494 e. The van der Waals surface area contributed by atoms with Gasteiger partial charge in [-0.05, 0) is 48.7 Å². The standard InChI is InChI=1S/C22H24ClNO4/c1-2-3-11-26-18-8-5-16(6-9-18)15-24-20-10-7-17(23)14-19(20)22(21(24)25)27-12-4-13-28-22/h5-10,14H,2-4,11-13,15H2,1H3. The van der Waals surface area contributed by atoms with Crippen molar-refractivity contribution >= 4 is 23.2 Å². The van der Waals surface area contributed by atoms with Crippen LogP contribution < -0.4 is 9.64 Å². The van der Waals surface area contributed by atoms with E-state index in [-0.39, 0.29) is 5.91 Å². The number of nitrogens with zero attached hydrogens (tertiary/aromatic N) is 1. The predicted molar refractivity (Wildman–Crippen MR) is 108 cm³/mol. The first kappa shape index (κ1) is 19.2. The highest BCUT2D eigenvalue weighted by molar-refractivity contribution is 6.31. The molecule has 2 aromatic rings. The molecule has 2 aliphatic heterocycles. The number of rotatable bonds is 6. The minimum atomic E-state index is -1.37. The summed E-state index contributed by atoms with van der Waals surface area (Å²) in [6, 6.07) is 13.3. The van der Waals surface area contributed by atoms with Gasteiger partial charge in [-0.2, -0.15) is 0 Å². The summed E-state index contributed by atoms with van der Waals surface area (Å²) in [5.74, 6) is -0.734. The van der Waals surface area contributed by atoms with E-state index in [9.17, 15) is 4.79 Å². The number of carbonyl (C=O) groups excluding carboxylic acids is 1. The zero-order chi connectivity index (χ0) is 19.6. The lowest BCUT2D eigenvalue weighted by Gasteiger charge is -2.32. The number of fused-ring (bicyclic) bond motifs is 2. The molecule has 2 heterocycles. The fourth-order valence-corrected chi connectivity index (χ4v) is 3.76. The van der Waals surface area contributed by atoms with Crippen LogP contribution >= 0.6 is 11.6 Å². The molecule has 0 N–H and O–H groups in total. The van der Waals surface area contributed by atoms with E-state index >= 15 is 0 Å². The maximum Gasteiger partial charge on any atom is 0.292 e. The number of hydrogen-bond acceptors (Lipinski definition) is 4. The average Bonchev–Trinajstić information content (AvgIpc) is 2.92. The molecular weight excluding hydrogens is 378 g/mol. The van der Waals surface area contributed by atoms with Crippen LogP contribution in [-0.2, 0) is 26.6 Å². The van der Waals surface area contributed by atoms with Crippen LogP contribution in [0, 0.1) is 0 Å². The van der Waals surface area contributed by atoms with Crippen molar-refractivity contribution in [1.29, 1.82) is 0 Å². The van der Waals surface area contributed by atoms with Gasteiger partial charge in [-0.1, -0.05) is 37.1 Å². The molecule has 0 radical (unpaired) electrons. The van der Waals surface area contributed by atoms with Crippen molar-refractivity contribution in [2.75, 3.05) is 24.7 Å². The second-order valence-corrected chi connectivity index (χ2v) is 7.50. The topological polar surface area (TPSA) is 48.0 Å². The van der Waals surface area contributed by atoms with Gasteiger partial charge in [0.05, 0.1) is 32.1 Å². The van der Waals surface area contributed by atoms with Crippen molar-refractivity contribution in [3.8, 4) is 5.75 Å². The smallest absolute Gasteiger partial charge is 0.292 e. The van der Waals surface area contributed by atoms with Gasteiger partial charge in [0.15, 0.2) is 0 Å². The number of unbranched alkanes of at least 4 members (excludes halogenated alkanes) is 1. The summed E-state index contributed by atoms with van der Waals surface area (Å²) in [6.07, 6.45) is 2.90. The van der Waals surface area contributed by atoms with Crippen molar-refractivity contribution in [3.63, 3.8) is 0 Å². The van der Waals surface area contributed by atoms with Crippen LogP contribution in [0.5, 0.6) is 5.75 Å². The van der Waals surface area contributed by atoms with Gasteiger partial charge in [-0.3, -0.25) is 4.79 Å². The van der Waals surface area contributed by atoms with E-state index in [1.54, 1.807) is 17.0 Å². The van der Waals surface area contributed by atoms with Crippen molar-refractivity contribution in [2.24, 2.45) is 0 Å². The van der Waals surface area contributed by atoms with E-state index < -0.39 is 5.79 Å². The molecule has 5 nitrogen and oxygen atoms in total. The molecule has 0 aliphatic carbocycles. The average molecular weight is 402 g/mol. The van der Waals surface area contributed by atoms with E-state index in [0.717, 1.165) is 36.3 Å². The van der Waals surface area contributed by atoms with Gasteiger partial charge in [0.25, 0.3) is 11.7 Å². The Morgan fingerprint density at radius 2 is 1.89 bits per heavy atom. The summed E-state index contributed by atoms with van der Waals surface area (Å²) in [4.78, 5) is 15.0. The van der Waals surface area contributed by atoms with E-state index in [1.165, 1.54) is 0 Å². The second kappa shape index (κ2) is 8.11. The molecule has 1 spiro atoms. The Labute approximate surface area is 170 Å². The zero-order valence-corrected chi connectivity index (χ0v) is 16.7. The zero-order valence-electron chi connectivity index (χ0n) is 15.9. The largest absolute Gasteiger partial charge is 0.494 e. The van der Waals surface area contributed by atoms with Gasteiger partial charge >= 0.3 is 0 Å². The van der Waals surface area contributed by atoms with Crippen molar-refractivity contribution in [1.82, 2.24) is 0 Å². The lowest BCUT2D eigenvalue weighted by molar-refractivity contribution is -0.256. The summed E-state index contributed by atoms with van der Waals surface area (Å²) >= 11 is 6.20. The van der Waals surface area contributed by atoms with Crippen LogP contribution in [-0.4, -0.2) is 25.7 Å². The first-order valence-corrected chi connectivity index (χ1v) is 10.1. The third-order valence-electron chi connectivity index (χ3n) is 5.06. The van der Waals surface area contributed by atoms with Crippen LogP contribution in [0.2, 0.25) is 5.02 Å². The quantitative estimate of drug-likeness (QED) is 0.661. The summed E-state index contributed by atoms with van der Waals surface area (Å²) < 4.78 is 17.5. The molecule has 0 bridgehead atoms. The van der Waals surface area contributed by atoms with Gasteiger partial charge < -0.3 is 19.1 Å². The number of halogens is 1. The van der Waals surface area contributed by atoms with Gasteiger partial charge in [0, 0.05) is 10.6 Å². The van der Waals surface area contributed by atoms with E-state index in [1.807, 2.05) is 30.3 Å². The first-order chi connectivity index (χ1) is 13.6. The minimum absolute atomic E-state index is 0.201. The van der Waals surface area contributed by atoms with Crippen LogP contribution in [0.3, 0.4) is 0 Å². The molecule has 1 amide bonds. The van der Waals surface area contributed by atoms with Gasteiger partial charge in [0.1, 0.15) is 5.75 Å². The third kappa shape index (κ3) is 3.50. The van der Waals surface area contributed by atoms with Gasteiger partial charge in [-0.15, -0.1) is 0 Å². The number of carbonyl (C=O) groups is 1. The Morgan fingerprint density at radius 1 is 1.14 bits per heavy atom. The second-order valence-electron chi connectivity index (χ2n) is 7.07. The number of anilines is 1. The monoisotopic (exact) mass is 401 g/mol. The number of hydrogen-bond donors (Lipinski definition) is 0. The molecule has 2 aromatic carbocycles. The molecule has 148 valence electrons. The molecule has 1 saturated heterocycles. The van der Waals surface area contributed by atoms with Crippen molar-refractivity contribution in [2.45, 2.75) is 38.5 Å². The molecule has 0 unspecified atom stereocenters. The highest BCUT2D eigenvalue weighted by Crippen LogP contribution is 2.46. The maximum atomic E-state index is 13.3. The fraction of sp³-hybridized carbons (Fsp3) is 0.409. The molecule has 0 aromatic heterocycles. The Kier molecular flexibility index (Phi) is 5.58. The maximum absolute atomic E-state index is 13.3. The van der Waals surface area contributed by atoms with Crippen LogP contribution in [0.1, 0.15) is 37.3 Å². The molecule has 2 aliphatic rings. The Hall–Kier alpha value is -2.08. The van der Waals surface area contributed by atoms with Crippen molar-refractivity contribution < 1.29 is 19.0 Å². The van der Waals surface area contributed by atoms with Gasteiger partial charge in [-0.25, -0.2) is 0 Å². The lowest BCUT2D eigenvalue weighted by atomic mass is 10.1. The fourth-order valence-electron chi connectivity index (χ4n) is 3.59. The molecule has 1 fully saturated rings. The van der Waals surface area contributed by atoms with Crippen LogP contribution in [0.4, 0.5) is 5.69 Å². The molecule has 6 heteroatoms. The van der Waals surface area contributed by atoms with E-state index in [4.69, 9.17) is 25.8 Å². The van der Waals surface area contributed by atoms with Crippen molar-refractivity contribution in [3.05, 3.63) is 58.6 Å². The predicted octanol–water partition coefficient (Wildman–Crippen LogP) is 4.66. The third-order valence-corrected chi connectivity index (χ3v) is 5.30. The normalized spacial score (nSPS) is 17.8. The molecule has 28 heavy (non-hydrogen) atoms. The molecular formula is C22H24ClNO4. The Balaban J connectivity index is 1.57. The first-order valence-electron chi connectivity index (χ1n) is 9.76. The summed E-state index contributed by atoms with van der Waals surface area (Å²) in [6.45, 7) is 4.24. The van der Waals surface area contributed by atoms with E-state index in [0.29, 0.717) is 37.0 Å². The Morgan fingerprint density at radius 3 is 2.61 bits per heavy atom. The van der Waals surface area contributed by atoms with Crippen LogP contribution in [0.25, 0.3) is 0 Å². The molecule has 0 atom stereocenters. The van der Waals surface area contributed by atoms with Gasteiger partial charge in [0.2, 0.25) is 0 Å².